The number of alkyl halides is 2. The third-order valence-corrected chi connectivity index (χ3v) is 4.06. The van der Waals surface area contributed by atoms with Gasteiger partial charge in [-0.25, -0.2) is 4.98 Å². The first-order valence-corrected chi connectivity index (χ1v) is 7.63. The Kier molecular flexibility index (Phi) is 4.40. The fourth-order valence-electron chi connectivity index (χ4n) is 1.93. The number of thiazole rings is 1. The van der Waals surface area contributed by atoms with Crippen LogP contribution in [0.3, 0.4) is 0 Å². The summed E-state index contributed by atoms with van der Waals surface area (Å²) >= 11 is 7.18. The van der Waals surface area contributed by atoms with Gasteiger partial charge in [0.1, 0.15) is 5.75 Å². The molecule has 0 saturated heterocycles. The van der Waals surface area contributed by atoms with Crippen LogP contribution in [-0.2, 0) is 0 Å². The molecular weight excluding hydrogens is 346 g/mol. The monoisotopic (exact) mass is 354 g/mol. The first-order chi connectivity index (χ1) is 11.0. The largest absolute Gasteiger partial charge is 0.435 e. The SMILES string of the molecule is O=C(Nc1nc2ccc(Cl)cc2s1)c1cccc(OC(F)F)c1. The molecular formula is C15H9ClF2N2O2S. The van der Waals surface area contributed by atoms with Gasteiger partial charge in [-0.1, -0.05) is 29.0 Å². The zero-order chi connectivity index (χ0) is 16.4. The van der Waals surface area contributed by atoms with Crippen molar-refractivity contribution < 1.29 is 18.3 Å². The van der Waals surface area contributed by atoms with Crippen LogP contribution in [0, 0.1) is 0 Å². The average molecular weight is 355 g/mol. The first kappa shape index (κ1) is 15.6. The Bertz CT molecular complexity index is 870. The Labute approximate surface area is 138 Å². The minimum atomic E-state index is -2.94. The van der Waals surface area contributed by atoms with Gasteiger partial charge in [0.05, 0.1) is 10.2 Å². The summed E-state index contributed by atoms with van der Waals surface area (Å²) in [5.74, 6) is -0.543. The smallest absolute Gasteiger partial charge is 0.387 e. The maximum atomic E-state index is 12.2. The van der Waals surface area contributed by atoms with Crippen LogP contribution in [0.2, 0.25) is 5.02 Å². The first-order valence-electron chi connectivity index (χ1n) is 6.43. The summed E-state index contributed by atoms with van der Waals surface area (Å²) in [6.07, 6.45) is 0. The number of halogens is 3. The maximum absolute atomic E-state index is 12.2. The molecule has 1 N–H and O–H groups in total. The Morgan fingerprint density at radius 2 is 2.09 bits per heavy atom. The number of nitrogens with one attached hydrogen (secondary N) is 1. The standard InChI is InChI=1S/C15H9ClF2N2O2S/c16-9-4-5-11-12(7-9)23-15(19-11)20-13(21)8-2-1-3-10(6-8)22-14(17)18/h1-7,14H,(H,19,20,21). The third kappa shape index (κ3) is 3.75. The van der Waals surface area contributed by atoms with Crippen molar-refractivity contribution >= 4 is 44.2 Å². The molecule has 3 aromatic rings. The van der Waals surface area contributed by atoms with Crippen molar-refractivity contribution in [3.05, 3.63) is 53.1 Å². The number of aromatic nitrogens is 1. The molecule has 0 atom stereocenters. The van der Waals surface area contributed by atoms with E-state index in [0.29, 0.717) is 15.7 Å². The van der Waals surface area contributed by atoms with Crippen LogP contribution >= 0.6 is 22.9 Å². The number of hydrogen-bond donors (Lipinski definition) is 1. The molecule has 118 valence electrons. The topological polar surface area (TPSA) is 51.2 Å². The van der Waals surface area contributed by atoms with Gasteiger partial charge < -0.3 is 4.74 Å². The van der Waals surface area contributed by atoms with Gasteiger partial charge in [0.2, 0.25) is 0 Å². The molecule has 23 heavy (non-hydrogen) atoms. The number of carbonyl (C=O) groups excluding carboxylic acids is 1. The van der Waals surface area contributed by atoms with Gasteiger partial charge in [0.25, 0.3) is 5.91 Å². The van der Waals surface area contributed by atoms with E-state index in [1.54, 1.807) is 18.2 Å². The molecule has 1 amide bonds. The molecule has 0 aliphatic heterocycles. The van der Waals surface area contributed by atoms with Gasteiger partial charge in [-0.15, -0.1) is 0 Å². The fourth-order valence-corrected chi connectivity index (χ4v) is 3.07. The van der Waals surface area contributed by atoms with E-state index in [-0.39, 0.29) is 11.3 Å². The van der Waals surface area contributed by atoms with Crippen molar-refractivity contribution in [3.8, 4) is 5.75 Å². The molecule has 3 rings (SSSR count). The minimum absolute atomic E-state index is 0.0799. The summed E-state index contributed by atoms with van der Waals surface area (Å²) in [5, 5.41) is 3.61. The molecule has 0 spiro atoms. The Morgan fingerprint density at radius 1 is 1.26 bits per heavy atom. The summed E-state index contributed by atoms with van der Waals surface area (Å²) < 4.78 is 29.5. The number of nitrogens with zero attached hydrogens (tertiary/aromatic N) is 1. The number of ether oxygens (including phenoxy) is 1. The van der Waals surface area contributed by atoms with E-state index in [1.165, 1.54) is 35.6 Å². The lowest BCUT2D eigenvalue weighted by molar-refractivity contribution is -0.0498. The number of anilines is 1. The van der Waals surface area contributed by atoms with E-state index in [4.69, 9.17) is 11.6 Å². The summed E-state index contributed by atoms with van der Waals surface area (Å²) in [5.41, 5.74) is 0.907. The molecule has 0 unspecified atom stereocenters. The van der Waals surface area contributed by atoms with Crippen molar-refractivity contribution in [2.75, 3.05) is 5.32 Å². The van der Waals surface area contributed by atoms with Crippen molar-refractivity contribution in [2.45, 2.75) is 6.61 Å². The quantitative estimate of drug-likeness (QED) is 0.732. The molecule has 0 fully saturated rings. The molecule has 0 radical (unpaired) electrons. The van der Waals surface area contributed by atoms with Crippen LogP contribution in [0.4, 0.5) is 13.9 Å². The van der Waals surface area contributed by atoms with Gasteiger partial charge in [-0.2, -0.15) is 8.78 Å². The second-order valence-corrected chi connectivity index (χ2v) is 5.96. The Hall–Kier alpha value is -2.25. The molecule has 1 aromatic heterocycles. The second kappa shape index (κ2) is 6.47. The highest BCUT2D eigenvalue weighted by Crippen LogP contribution is 2.28. The molecule has 8 heteroatoms. The lowest BCUT2D eigenvalue weighted by atomic mass is 10.2. The normalized spacial score (nSPS) is 11.0. The molecule has 0 saturated carbocycles. The van der Waals surface area contributed by atoms with Crippen LogP contribution in [0.1, 0.15) is 10.4 Å². The highest BCUT2D eigenvalue weighted by molar-refractivity contribution is 7.22. The molecule has 0 aliphatic rings. The van der Waals surface area contributed by atoms with E-state index in [0.717, 1.165) is 4.70 Å². The Balaban J connectivity index is 1.80. The highest BCUT2D eigenvalue weighted by Gasteiger charge is 2.12. The lowest BCUT2D eigenvalue weighted by Gasteiger charge is -2.06. The number of amides is 1. The number of carbonyl (C=O) groups is 1. The van der Waals surface area contributed by atoms with Crippen LogP contribution in [-0.4, -0.2) is 17.5 Å². The summed E-state index contributed by atoms with van der Waals surface area (Å²) in [4.78, 5) is 16.4. The van der Waals surface area contributed by atoms with E-state index < -0.39 is 12.5 Å². The molecule has 2 aromatic carbocycles. The summed E-state index contributed by atoms with van der Waals surface area (Å²) in [6, 6.07) is 10.8. The predicted octanol–water partition coefficient (Wildman–Crippen LogP) is 4.80. The van der Waals surface area contributed by atoms with Gasteiger partial charge in [-0.3, -0.25) is 10.1 Å². The second-order valence-electron chi connectivity index (χ2n) is 4.49. The molecule has 0 bridgehead atoms. The van der Waals surface area contributed by atoms with Gasteiger partial charge in [-0.05, 0) is 36.4 Å². The Morgan fingerprint density at radius 3 is 2.87 bits per heavy atom. The molecule has 4 nitrogen and oxygen atoms in total. The zero-order valence-corrected chi connectivity index (χ0v) is 13.0. The highest BCUT2D eigenvalue weighted by atomic mass is 35.5. The summed E-state index contributed by atoms with van der Waals surface area (Å²) in [6.45, 7) is -2.94. The molecule has 0 aliphatic carbocycles. The van der Waals surface area contributed by atoms with E-state index in [2.05, 4.69) is 15.0 Å². The van der Waals surface area contributed by atoms with Crippen molar-refractivity contribution in [3.63, 3.8) is 0 Å². The number of hydrogen-bond acceptors (Lipinski definition) is 4. The lowest BCUT2D eigenvalue weighted by Crippen LogP contribution is -2.12. The van der Waals surface area contributed by atoms with Crippen molar-refractivity contribution in [2.24, 2.45) is 0 Å². The summed E-state index contributed by atoms with van der Waals surface area (Å²) in [7, 11) is 0. The van der Waals surface area contributed by atoms with E-state index >= 15 is 0 Å². The van der Waals surface area contributed by atoms with Gasteiger partial charge in [0, 0.05) is 10.6 Å². The average Bonchev–Trinajstić information content (AvgIpc) is 2.88. The van der Waals surface area contributed by atoms with Crippen LogP contribution in [0.15, 0.2) is 42.5 Å². The molecule has 1 heterocycles. The maximum Gasteiger partial charge on any atom is 0.387 e. The van der Waals surface area contributed by atoms with E-state index in [9.17, 15) is 13.6 Å². The zero-order valence-electron chi connectivity index (χ0n) is 11.4. The third-order valence-electron chi connectivity index (χ3n) is 2.89. The van der Waals surface area contributed by atoms with Gasteiger partial charge in [0.15, 0.2) is 5.13 Å². The number of fused-ring (bicyclic) bond motifs is 1. The number of rotatable bonds is 4. The van der Waals surface area contributed by atoms with Crippen LogP contribution in [0.25, 0.3) is 10.2 Å². The van der Waals surface area contributed by atoms with Gasteiger partial charge >= 0.3 is 6.61 Å². The van der Waals surface area contributed by atoms with Crippen molar-refractivity contribution in [1.29, 1.82) is 0 Å². The number of benzene rings is 2. The van der Waals surface area contributed by atoms with Crippen molar-refractivity contribution in [1.82, 2.24) is 4.98 Å². The van der Waals surface area contributed by atoms with E-state index in [1.807, 2.05) is 0 Å². The van der Waals surface area contributed by atoms with Crippen LogP contribution < -0.4 is 10.1 Å². The predicted molar refractivity (Wildman–Crippen MR) is 85.7 cm³/mol. The van der Waals surface area contributed by atoms with Crippen LogP contribution in [0.5, 0.6) is 5.75 Å². The fraction of sp³-hybridized carbons (Fsp3) is 0.0667. The minimum Gasteiger partial charge on any atom is -0.435 e.